The second kappa shape index (κ2) is 8.53. The van der Waals surface area contributed by atoms with Gasteiger partial charge in [0.25, 0.3) is 0 Å². The first-order valence-corrected chi connectivity index (χ1v) is 9.80. The molecule has 1 fully saturated rings. The normalized spacial score (nSPS) is 18.6. The third-order valence-corrected chi connectivity index (χ3v) is 4.90. The fourth-order valence-electron chi connectivity index (χ4n) is 3.53. The van der Waals surface area contributed by atoms with Gasteiger partial charge in [0.05, 0.1) is 12.6 Å². The number of benzene rings is 2. The lowest BCUT2D eigenvalue weighted by atomic mass is 9.88. The van der Waals surface area contributed by atoms with Crippen LogP contribution in [0.2, 0.25) is 0 Å². The summed E-state index contributed by atoms with van der Waals surface area (Å²) >= 11 is 5.28. The Kier molecular flexibility index (Phi) is 6.08. The first-order valence-electron chi connectivity index (χ1n) is 9.39. The van der Waals surface area contributed by atoms with Crippen LogP contribution in [0.25, 0.3) is 0 Å². The lowest BCUT2D eigenvalue weighted by Crippen LogP contribution is -2.51. The van der Waals surface area contributed by atoms with E-state index in [2.05, 4.69) is 22.5 Å². The van der Waals surface area contributed by atoms with E-state index < -0.39 is 12.0 Å². The van der Waals surface area contributed by atoms with Gasteiger partial charge in [0.2, 0.25) is 5.91 Å². The molecule has 0 bridgehead atoms. The number of nitrogens with one attached hydrogen (secondary N) is 3. The lowest BCUT2D eigenvalue weighted by Gasteiger charge is -2.35. The summed E-state index contributed by atoms with van der Waals surface area (Å²) in [5, 5.41) is 19.5. The smallest absolute Gasteiger partial charge is 0.235 e. The summed E-state index contributed by atoms with van der Waals surface area (Å²) in [5.74, 6) is -0.433. The van der Waals surface area contributed by atoms with E-state index in [0.717, 1.165) is 22.4 Å². The molecule has 6 nitrogen and oxygen atoms in total. The fourth-order valence-corrected chi connectivity index (χ4v) is 3.79. The molecule has 0 aliphatic carbocycles. The average molecular weight is 412 g/mol. The number of aromatic hydroxyl groups is 1. The van der Waals surface area contributed by atoms with Crippen molar-refractivity contribution in [2.24, 2.45) is 5.92 Å². The maximum Gasteiger partial charge on any atom is 0.235 e. The Morgan fingerprint density at radius 2 is 1.93 bits per heavy atom. The Labute approximate surface area is 176 Å². The molecular weight excluding hydrogens is 386 g/mol. The summed E-state index contributed by atoms with van der Waals surface area (Å²) in [6.45, 7) is 10.2. The predicted molar refractivity (Wildman–Crippen MR) is 118 cm³/mol. The van der Waals surface area contributed by atoms with Crippen LogP contribution in [-0.2, 0) is 4.79 Å². The van der Waals surface area contributed by atoms with Gasteiger partial charge in [0.15, 0.2) is 16.6 Å². The van der Waals surface area contributed by atoms with E-state index in [1.54, 1.807) is 18.2 Å². The van der Waals surface area contributed by atoms with Crippen molar-refractivity contribution in [2.45, 2.75) is 26.8 Å². The van der Waals surface area contributed by atoms with Gasteiger partial charge in [-0.15, -0.1) is 0 Å². The SMILES string of the molecule is C=C1NC(=S)N[C@H](c2ccc(O)c(OCC)c2)[C@H]1C(=O)Nc1cc(C)cc(C)c1. The Hall–Kier alpha value is -3.06. The third kappa shape index (κ3) is 4.68. The molecule has 1 amide bonds. The molecule has 3 rings (SSSR count). The van der Waals surface area contributed by atoms with Gasteiger partial charge in [-0.05, 0) is 73.9 Å². The highest BCUT2D eigenvalue weighted by Crippen LogP contribution is 2.35. The Morgan fingerprint density at radius 1 is 1.24 bits per heavy atom. The van der Waals surface area contributed by atoms with Crippen molar-refractivity contribution in [3.63, 3.8) is 0 Å². The summed E-state index contributed by atoms with van der Waals surface area (Å²) in [6.07, 6.45) is 0. The Morgan fingerprint density at radius 3 is 2.59 bits per heavy atom. The van der Waals surface area contributed by atoms with Crippen molar-refractivity contribution >= 4 is 28.9 Å². The number of hydrogen-bond acceptors (Lipinski definition) is 4. The molecule has 2 atom stereocenters. The van der Waals surface area contributed by atoms with Gasteiger partial charge in [-0.2, -0.15) is 0 Å². The maximum atomic E-state index is 13.2. The molecule has 0 spiro atoms. The second-order valence-corrected chi connectivity index (χ2v) is 7.51. The minimum Gasteiger partial charge on any atom is -0.504 e. The van der Waals surface area contributed by atoms with E-state index >= 15 is 0 Å². The van der Waals surface area contributed by atoms with Crippen molar-refractivity contribution in [3.8, 4) is 11.5 Å². The van der Waals surface area contributed by atoms with Crippen molar-refractivity contribution in [3.05, 3.63) is 65.4 Å². The van der Waals surface area contributed by atoms with Gasteiger partial charge < -0.3 is 25.8 Å². The number of carbonyl (C=O) groups is 1. The Balaban J connectivity index is 1.93. The van der Waals surface area contributed by atoms with Crippen LogP contribution in [0.5, 0.6) is 11.5 Å². The van der Waals surface area contributed by atoms with Crippen molar-refractivity contribution < 1.29 is 14.6 Å². The molecule has 2 aromatic rings. The fraction of sp³-hybridized carbons (Fsp3) is 0.273. The molecule has 1 saturated heterocycles. The highest BCUT2D eigenvalue weighted by Gasteiger charge is 2.37. The quantitative estimate of drug-likeness (QED) is 0.562. The molecule has 0 aromatic heterocycles. The number of rotatable bonds is 5. The van der Waals surface area contributed by atoms with E-state index in [1.807, 2.05) is 39.0 Å². The van der Waals surface area contributed by atoms with Gasteiger partial charge in [0, 0.05) is 11.4 Å². The van der Waals surface area contributed by atoms with Crippen molar-refractivity contribution in [1.82, 2.24) is 10.6 Å². The summed E-state index contributed by atoms with van der Waals surface area (Å²) in [6, 6.07) is 10.4. The number of hydrogen-bond donors (Lipinski definition) is 4. The zero-order chi connectivity index (χ0) is 21.1. The molecule has 4 N–H and O–H groups in total. The van der Waals surface area contributed by atoms with Crippen molar-refractivity contribution in [1.29, 1.82) is 0 Å². The van der Waals surface area contributed by atoms with E-state index in [9.17, 15) is 9.90 Å². The number of thiocarbonyl (C=S) groups is 1. The average Bonchev–Trinajstić information content (AvgIpc) is 2.62. The van der Waals surface area contributed by atoms with E-state index in [0.29, 0.717) is 23.2 Å². The van der Waals surface area contributed by atoms with E-state index in [4.69, 9.17) is 17.0 Å². The van der Waals surface area contributed by atoms with Crippen LogP contribution in [0, 0.1) is 19.8 Å². The number of amides is 1. The van der Waals surface area contributed by atoms with Crippen LogP contribution in [0.3, 0.4) is 0 Å². The number of phenols is 1. The van der Waals surface area contributed by atoms with Crippen LogP contribution in [0.15, 0.2) is 48.7 Å². The maximum absolute atomic E-state index is 13.2. The predicted octanol–water partition coefficient (Wildman–Crippen LogP) is 3.70. The van der Waals surface area contributed by atoms with Crippen LogP contribution >= 0.6 is 12.2 Å². The van der Waals surface area contributed by atoms with E-state index in [1.165, 1.54) is 0 Å². The summed E-state index contributed by atoms with van der Waals surface area (Å²) in [7, 11) is 0. The van der Waals surface area contributed by atoms with Crippen LogP contribution in [-0.4, -0.2) is 22.7 Å². The minimum atomic E-state index is -0.624. The zero-order valence-electron chi connectivity index (χ0n) is 16.7. The third-order valence-electron chi connectivity index (χ3n) is 4.68. The monoisotopic (exact) mass is 411 g/mol. The molecule has 0 saturated carbocycles. The first kappa shape index (κ1) is 20.7. The summed E-state index contributed by atoms with van der Waals surface area (Å²) in [5.41, 5.74) is 4.13. The van der Waals surface area contributed by atoms with Crippen LogP contribution < -0.4 is 20.7 Å². The van der Waals surface area contributed by atoms with Crippen molar-refractivity contribution in [2.75, 3.05) is 11.9 Å². The summed E-state index contributed by atoms with van der Waals surface area (Å²) < 4.78 is 5.49. The molecular formula is C22H25N3O3S. The standard InChI is InChI=1S/C22H25N3O3S/c1-5-28-18-11-15(6-7-17(18)26)20-19(14(4)23-22(29)25-20)21(27)24-16-9-12(2)8-13(3)10-16/h6-11,19-20,26H,4-5H2,1-3H3,(H,24,27)(H2,23,25,29)/t19-,20+/m0/s1. The topological polar surface area (TPSA) is 82.6 Å². The highest BCUT2D eigenvalue weighted by atomic mass is 32.1. The first-order chi connectivity index (χ1) is 13.8. The molecule has 2 aromatic carbocycles. The van der Waals surface area contributed by atoms with Gasteiger partial charge in [-0.1, -0.05) is 18.7 Å². The molecule has 0 radical (unpaired) electrons. The highest BCUT2D eigenvalue weighted by molar-refractivity contribution is 7.80. The van der Waals surface area contributed by atoms with Crippen LogP contribution in [0.1, 0.15) is 29.7 Å². The van der Waals surface area contributed by atoms with Gasteiger partial charge >= 0.3 is 0 Å². The Bertz CT molecular complexity index is 954. The molecule has 7 heteroatoms. The van der Waals surface area contributed by atoms with Gasteiger partial charge in [-0.3, -0.25) is 4.79 Å². The number of phenolic OH excluding ortho intramolecular Hbond substituents is 1. The van der Waals surface area contributed by atoms with Gasteiger partial charge in [-0.25, -0.2) is 0 Å². The van der Waals surface area contributed by atoms with Gasteiger partial charge in [0.1, 0.15) is 5.92 Å². The van der Waals surface area contributed by atoms with Crippen LogP contribution in [0.4, 0.5) is 5.69 Å². The molecule has 0 unspecified atom stereocenters. The van der Waals surface area contributed by atoms with E-state index in [-0.39, 0.29) is 11.7 Å². The number of ether oxygens (including phenoxy) is 1. The molecule has 29 heavy (non-hydrogen) atoms. The molecule has 1 aliphatic rings. The summed E-state index contributed by atoms with van der Waals surface area (Å²) in [4.78, 5) is 13.2. The molecule has 1 heterocycles. The number of anilines is 1. The zero-order valence-corrected chi connectivity index (χ0v) is 17.5. The number of carbonyl (C=O) groups excluding carboxylic acids is 1. The second-order valence-electron chi connectivity index (χ2n) is 7.10. The number of aryl methyl sites for hydroxylation is 2. The molecule has 152 valence electrons. The lowest BCUT2D eigenvalue weighted by molar-refractivity contribution is -0.119. The molecule has 1 aliphatic heterocycles. The minimum absolute atomic E-state index is 0.0437. The largest absolute Gasteiger partial charge is 0.504 e.